The molecule has 1 radical (unpaired) electrons. The summed E-state index contributed by atoms with van der Waals surface area (Å²) in [5, 5.41) is 0. The molecule has 1 heteroatoms. The van der Waals surface area contributed by atoms with Crippen LogP contribution in [0.15, 0.2) is 24.3 Å². The van der Waals surface area contributed by atoms with Crippen molar-refractivity contribution in [3.63, 3.8) is 0 Å². The van der Waals surface area contributed by atoms with Crippen molar-refractivity contribution in [2.75, 3.05) is 6.54 Å². The number of fused-ring (bicyclic) bond motifs is 1. The van der Waals surface area contributed by atoms with Gasteiger partial charge in [-0.15, -0.1) is 0 Å². The molecule has 0 amide bonds. The van der Waals surface area contributed by atoms with E-state index in [9.17, 15) is 0 Å². The van der Waals surface area contributed by atoms with Gasteiger partial charge in [0.1, 0.15) is 0 Å². The zero-order valence-corrected chi connectivity index (χ0v) is 5.80. The SMILES string of the molecule is NCC[C]1c2ccccc21. The van der Waals surface area contributed by atoms with Crippen molar-refractivity contribution in [3.8, 4) is 0 Å². The molecule has 10 heavy (non-hydrogen) atoms. The highest BCUT2D eigenvalue weighted by atomic mass is 14.5. The molecule has 51 valence electrons. The maximum absolute atomic E-state index is 5.43. The molecule has 1 aromatic carbocycles. The predicted octanol–water partition coefficient (Wildman–Crippen LogP) is 1.32. The van der Waals surface area contributed by atoms with Crippen LogP contribution >= 0.6 is 0 Å². The molecule has 1 aromatic rings. The first-order chi connectivity index (χ1) is 4.93. The largest absolute Gasteiger partial charge is 0.330 e. The zero-order chi connectivity index (χ0) is 6.97. The van der Waals surface area contributed by atoms with Crippen LogP contribution in [0.25, 0.3) is 0 Å². The van der Waals surface area contributed by atoms with E-state index in [2.05, 4.69) is 24.3 Å². The summed E-state index contributed by atoms with van der Waals surface area (Å²) in [7, 11) is 0. The van der Waals surface area contributed by atoms with Gasteiger partial charge in [-0.05, 0) is 24.1 Å². The van der Waals surface area contributed by atoms with Gasteiger partial charge in [0.05, 0.1) is 0 Å². The molecule has 1 aliphatic rings. The van der Waals surface area contributed by atoms with Gasteiger partial charge in [0.2, 0.25) is 0 Å². The van der Waals surface area contributed by atoms with E-state index in [0.717, 1.165) is 13.0 Å². The summed E-state index contributed by atoms with van der Waals surface area (Å²) in [5.74, 6) is 1.47. The second kappa shape index (κ2) is 2.10. The fourth-order valence-electron chi connectivity index (χ4n) is 1.36. The standard InChI is InChI=1S/C9H10N/c10-6-5-9-7-3-1-2-4-8(7)9/h1-4H,5-6,10H2. The summed E-state index contributed by atoms with van der Waals surface area (Å²) in [4.78, 5) is 0. The van der Waals surface area contributed by atoms with E-state index in [-0.39, 0.29) is 0 Å². The Kier molecular flexibility index (Phi) is 1.24. The van der Waals surface area contributed by atoms with Crippen molar-refractivity contribution in [2.45, 2.75) is 6.42 Å². The third kappa shape index (κ3) is 0.745. The molecule has 1 aliphatic carbocycles. The zero-order valence-electron chi connectivity index (χ0n) is 5.80. The van der Waals surface area contributed by atoms with Crippen molar-refractivity contribution >= 4 is 0 Å². The number of benzene rings is 1. The topological polar surface area (TPSA) is 26.0 Å². The molecular formula is C9H10N. The van der Waals surface area contributed by atoms with Crippen molar-refractivity contribution in [1.29, 1.82) is 0 Å². The number of rotatable bonds is 2. The lowest BCUT2D eigenvalue weighted by molar-refractivity contribution is 0.945. The molecule has 2 N–H and O–H groups in total. The first-order valence-electron chi connectivity index (χ1n) is 3.59. The van der Waals surface area contributed by atoms with Gasteiger partial charge in [-0.25, -0.2) is 0 Å². The van der Waals surface area contributed by atoms with E-state index in [1.807, 2.05) is 0 Å². The van der Waals surface area contributed by atoms with Crippen LogP contribution < -0.4 is 5.73 Å². The van der Waals surface area contributed by atoms with E-state index in [0.29, 0.717) is 0 Å². The molecule has 0 aromatic heterocycles. The molecule has 0 saturated carbocycles. The van der Waals surface area contributed by atoms with Gasteiger partial charge >= 0.3 is 0 Å². The lowest BCUT2D eigenvalue weighted by Gasteiger charge is -1.86. The molecule has 0 spiro atoms. The average molecular weight is 132 g/mol. The average Bonchev–Trinajstić information content (AvgIpc) is 2.66. The Hall–Kier alpha value is -0.820. The Bertz CT molecular complexity index is 219. The quantitative estimate of drug-likeness (QED) is 0.645. The molecule has 0 aliphatic heterocycles. The fraction of sp³-hybridized carbons (Fsp3) is 0.222. The predicted molar refractivity (Wildman–Crippen MR) is 41.6 cm³/mol. The summed E-state index contributed by atoms with van der Waals surface area (Å²) in [6, 6.07) is 8.45. The van der Waals surface area contributed by atoms with Gasteiger partial charge < -0.3 is 5.73 Å². The van der Waals surface area contributed by atoms with Crippen LogP contribution in [0.4, 0.5) is 0 Å². The molecule has 0 atom stereocenters. The summed E-state index contributed by atoms with van der Waals surface area (Å²) < 4.78 is 0. The van der Waals surface area contributed by atoms with Crippen LogP contribution in [-0.2, 0) is 0 Å². The van der Waals surface area contributed by atoms with E-state index < -0.39 is 0 Å². The second-order valence-corrected chi connectivity index (χ2v) is 2.56. The second-order valence-electron chi connectivity index (χ2n) is 2.56. The smallest absolute Gasteiger partial charge is 0.0358 e. The van der Waals surface area contributed by atoms with Crippen LogP contribution in [0.3, 0.4) is 0 Å². The first kappa shape index (κ1) is 5.93. The van der Waals surface area contributed by atoms with Crippen LogP contribution in [0.5, 0.6) is 0 Å². The van der Waals surface area contributed by atoms with Gasteiger partial charge in [0.25, 0.3) is 0 Å². The molecular weight excluding hydrogens is 122 g/mol. The fourth-order valence-corrected chi connectivity index (χ4v) is 1.36. The Labute approximate surface area is 60.9 Å². The summed E-state index contributed by atoms with van der Waals surface area (Å²) in [6.45, 7) is 0.768. The molecule has 2 rings (SSSR count). The minimum atomic E-state index is 0.768. The lowest BCUT2D eigenvalue weighted by atomic mass is 10.2. The van der Waals surface area contributed by atoms with Crippen LogP contribution in [0.1, 0.15) is 17.5 Å². The summed E-state index contributed by atoms with van der Waals surface area (Å²) in [5.41, 5.74) is 8.28. The minimum Gasteiger partial charge on any atom is -0.330 e. The molecule has 1 nitrogen and oxygen atoms in total. The van der Waals surface area contributed by atoms with Crippen molar-refractivity contribution in [3.05, 3.63) is 41.3 Å². The maximum Gasteiger partial charge on any atom is 0.0358 e. The Morgan fingerprint density at radius 2 is 1.70 bits per heavy atom. The van der Waals surface area contributed by atoms with Crippen molar-refractivity contribution < 1.29 is 0 Å². The minimum absolute atomic E-state index is 0.768. The van der Waals surface area contributed by atoms with E-state index in [1.165, 1.54) is 17.0 Å². The monoisotopic (exact) mass is 132 g/mol. The van der Waals surface area contributed by atoms with Crippen LogP contribution in [-0.4, -0.2) is 6.54 Å². The van der Waals surface area contributed by atoms with Gasteiger partial charge in [-0.1, -0.05) is 24.3 Å². The summed E-state index contributed by atoms with van der Waals surface area (Å²) >= 11 is 0. The lowest BCUT2D eigenvalue weighted by Crippen LogP contribution is -1.98. The van der Waals surface area contributed by atoms with E-state index in [4.69, 9.17) is 5.73 Å². The highest BCUT2D eigenvalue weighted by Crippen LogP contribution is 2.43. The molecule has 0 fully saturated rings. The third-order valence-electron chi connectivity index (χ3n) is 1.91. The Morgan fingerprint density at radius 3 is 2.20 bits per heavy atom. The number of hydrogen-bond acceptors (Lipinski definition) is 1. The van der Waals surface area contributed by atoms with Crippen LogP contribution in [0, 0.1) is 5.92 Å². The highest BCUT2D eigenvalue weighted by molar-refractivity contribution is 5.66. The van der Waals surface area contributed by atoms with Crippen molar-refractivity contribution in [1.82, 2.24) is 0 Å². The Balaban J connectivity index is 2.14. The van der Waals surface area contributed by atoms with Crippen molar-refractivity contribution in [2.24, 2.45) is 5.73 Å². The van der Waals surface area contributed by atoms with E-state index in [1.54, 1.807) is 0 Å². The van der Waals surface area contributed by atoms with Gasteiger partial charge in [0, 0.05) is 5.92 Å². The molecule has 0 unspecified atom stereocenters. The molecule has 0 bridgehead atoms. The summed E-state index contributed by atoms with van der Waals surface area (Å²) in [6.07, 6.45) is 1.04. The third-order valence-corrected chi connectivity index (χ3v) is 1.91. The van der Waals surface area contributed by atoms with Gasteiger partial charge in [-0.3, -0.25) is 0 Å². The molecule has 0 heterocycles. The van der Waals surface area contributed by atoms with E-state index >= 15 is 0 Å². The Morgan fingerprint density at radius 1 is 1.10 bits per heavy atom. The van der Waals surface area contributed by atoms with Crippen LogP contribution in [0.2, 0.25) is 0 Å². The number of hydrogen-bond donors (Lipinski definition) is 1. The number of nitrogens with two attached hydrogens (primary N) is 1. The highest BCUT2D eigenvalue weighted by Gasteiger charge is 2.30. The first-order valence-corrected chi connectivity index (χ1v) is 3.59. The maximum atomic E-state index is 5.43. The van der Waals surface area contributed by atoms with Gasteiger partial charge in [-0.2, -0.15) is 0 Å². The molecule has 0 saturated heterocycles. The van der Waals surface area contributed by atoms with Gasteiger partial charge in [0.15, 0.2) is 0 Å². The normalized spacial score (nSPS) is 14.9.